The van der Waals surface area contributed by atoms with Crippen molar-refractivity contribution in [2.24, 2.45) is 0 Å². The van der Waals surface area contributed by atoms with Crippen molar-refractivity contribution in [3.05, 3.63) is 41.2 Å². The van der Waals surface area contributed by atoms with Gasteiger partial charge in [-0.1, -0.05) is 26.0 Å². The Kier molecular flexibility index (Phi) is 7.06. The van der Waals surface area contributed by atoms with E-state index in [1.165, 1.54) is 9.87 Å². The summed E-state index contributed by atoms with van der Waals surface area (Å²) in [6.07, 6.45) is 0.468. The van der Waals surface area contributed by atoms with Crippen molar-refractivity contribution in [3.63, 3.8) is 0 Å². The molecule has 8 nitrogen and oxygen atoms in total. The maximum absolute atomic E-state index is 13.0. The molecule has 1 unspecified atom stereocenters. The van der Waals surface area contributed by atoms with Gasteiger partial charge < -0.3 is 10.1 Å². The number of nitrogens with zero attached hydrogens (tertiary/aromatic N) is 2. The van der Waals surface area contributed by atoms with Crippen LogP contribution in [0.1, 0.15) is 56.5 Å². The topological polar surface area (TPSA) is 104 Å². The van der Waals surface area contributed by atoms with E-state index >= 15 is 0 Å². The number of hydrogen-bond donors (Lipinski definition) is 2. The number of aromatic amines is 1. The molecule has 0 aliphatic carbocycles. The Balaban J connectivity index is 1.52. The number of piperidine rings is 1. The van der Waals surface area contributed by atoms with Gasteiger partial charge >= 0.3 is 0 Å². The number of ether oxygens (including phenoxy) is 1. The number of H-pyrrole nitrogens is 1. The number of amides is 1. The minimum atomic E-state index is -3.60. The molecule has 1 aliphatic rings. The van der Waals surface area contributed by atoms with Gasteiger partial charge in [-0.2, -0.15) is 9.40 Å². The normalized spacial score (nSPS) is 17.0. The molecule has 1 atom stereocenters. The van der Waals surface area contributed by atoms with Crippen molar-refractivity contribution in [1.29, 1.82) is 0 Å². The lowest BCUT2D eigenvalue weighted by atomic mass is 10.0. The van der Waals surface area contributed by atoms with Crippen molar-refractivity contribution < 1.29 is 17.9 Å². The van der Waals surface area contributed by atoms with Crippen LogP contribution in [0.3, 0.4) is 0 Å². The zero-order valence-electron chi connectivity index (χ0n) is 18.8. The van der Waals surface area contributed by atoms with E-state index in [2.05, 4.69) is 29.4 Å². The molecule has 0 bridgehead atoms. The second kappa shape index (κ2) is 9.40. The van der Waals surface area contributed by atoms with Gasteiger partial charge in [0.2, 0.25) is 10.0 Å². The summed E-state index contributed by atoms with van der Waals surface area (Å²) in [7, 11) is -3.60. The molecule has 2 aromatic rings. The fourth-order valence-electron chi connectivity index (χ4n) is 3.80. The molecule has 0 spiro atoms. The minimum absolute atomic E-state index is 0.0835. The summed E-state index contributed by atoms with van der Waals surface area (Å²) in [5.74, 6) is 0.889. The summed E-state index contributed by atoms with van der Waals surface area (Å²) in [5.41, 5.74) is 2.23. The zero-order valence-corrected chi connectivity index (χ0v) is 19.6. The molecule has 1 aromatic carbocycles. The van der Waals surface area contributed by atoms with Crippen LogP contribution in [-0.2, 0) is 14.8 Å². The number of benzene rings is 1. The van der Waals surface area contributed by atoms with E-state index in [1.807, 2.05) is 24.3 Å². The Bertz CT molecular complexity index is 987. The predicted molar refractivity (Wildman–Crippen MR) is 119 cm³/mol. The van der Waals surface area contributed by atoms with E-state index in [4.69, 9.17) is 4.74 Å². The summed E-state index contributed by atoms with van der Waals surface area (Å²) in [6.45, 7) is 10.1. The molecule has 1 fully saturated rings. The number of nitrogens with one attached hydrogen (secondary N) is 2. The monoisotopic (exact) mass is 448 g/mol. The molecular weight excluding hydrogens is 416 g/mol. The second-order valence-electron chi connectivity index (χ2n) is 8.43. The van der Waals surface area contributed by atoms with Gasteiger partial charge in [0, 0.05) is 19.1 Å². The molecule has 2 N–H and O–H groups in total. The average molecular weight is 449 g/mol. The Hall–Kier alpha value is -2.39. The molecule has 3 rings (SSSR count). The molecule has 1 aromatic heterocycles. The van der Waals surface area contributed by atoms with Gasteiger partial charge in [0.05, 0.1) is 11.4 Å². The third-order valence-corrected chi connectivity index (χ3v) is 7.85. The van der Waals surface area contributed by atoms with Crippen molar-refractivity contribution >= 4 is 15.9 Å². The van der Waals surface area contributed by atoms with Crippen LogP contribution in [0.25, 0.3) is 0 Å². The molecule has 2 heterocycles. The van der Waals surface area contributed by atoms with Crippen LogP contribution >= 0.6 is 0 Å². The first-order valence-electron chi connectivity index (χ1n) is 10.7. The molecule has 1 saturated heterocycles. The van der Waals surface area contributed by atoms with Crippen LogP contribution in [0.4, 0.5) is 0 Å². The number of aryl methyl sites for hydroxylation is 2. The molecule has 0 saturated carbocycles. The summed E-state index contributed by atoms with van der Waals surface area (Å²) in [6, 6.07) is 7.68. The highest BCUT2D eigenvalue weighted by atomic mass is 32.2. The van der Waals surface area contributed by atoms with Gasteiger partial charge in [0.25, 0.3) is 5.91 Å². The number of aromatic nitrogens is 2. The molecule has 0 radical (unpaired) electrons. The first kappa shape index (κ1) is 23.3. The number of hydrogen-bond acceptors (Lipinski definition) is 5. The number of carbonyl (C=O) groups is 1. The standard InChI is InChI=1S/C22H32N4O4S/c1-14(2)18-6-8-20(9-7-18)30-17(5)22(27)23-19-10-12-26(13-11-19)31(28,29)21-15(3)24-25-16(21)4/h6-9,14,17,19H,10-13H2,1-5H3,(H,23,27)(H,24,25). The van der Waals surface area contributed by atoms with E-state index in [1.54, 1.807) is 20.8 Å². The maximum atomic E-state index is 13.0. The summed E-state index contributed by atoms with van der Waals surface area (Å²) < 4.78 is 33.2. The number of carbonyl (C=O) groups excluding carboxylic acids is 1. The third kappa shape index (κ3) is 5.27. The average Bonchev–Trinajstić information content (AvgIpc) is 3.07. The van der Waals surface area contributed by atoms with Gasteiger partial charge in [-0.3, -0.25) is 9.89 Å². The minimum Gasteiger partial charge on any atom is -0.481 e. The van der Waals surface area contributed by atoms with Crippen molar-refractivity contribution in [3.8, 4) is 5.75 Å². The molecule has 1 amide bonds. The second-order valence-corrected chi connectivity index (χ2v) is 10.3. The van der Waals surface area contributed by atoms with Crippen LogP contribution in [0.5, 0.6) is 5.75 Å². The lowest BCUT2D eigenvalue weighted by Crippen LogP contribution is -2.49. The first-order valence-corrected chi connectivity index (χ1v) is 12.1. The van der Waals surface area contributed by atoms with Crippen LogP contribution < -0.4 is 10.1 Å². The Morgan fingerprint density at radius 1 is 1.16 bits per heavy atom. The maximum Gasteiger partial charge on any atom is 0.260 e. The third-order valence-electron chi connectivity index (χ3n) is 5.69. The van der Waals surface area contributed by atoms with Crippen LogP contribution in [0.15, 0.2) is 29.2 Å². The van der Waals surface area contributed by atoms with Gasteiger partial charge in [0.15, 0.2) is 6.10 Å². The summed E-state index contributed by atoms with van der Waals surface area (Å²) in [4.78, 5) is 12.8. The molecule has 170 valence electrons. The SMILES string of the molecule is Cc1n[nH]c(C)c1S(=O)(=O)N1CCC(NC(=O)C(C)Oc2ccc(C(C)C)cc2)CC1. The zero-order chi connectivity index (χ0) is 22.8. The van der Waals surface area contributed by atoms with Crippen molar-refractivity contribution in [2.75, 3.05) is 13.1 Å². The molecule has 1 aliphatic heterocycles. The van der Waals surface area contributed by atoms with E-state index in [0.29, 0.717) is 49.0 Å². The highest BCUT2D eigenvalue weighted by molar-refractivity contribution is 7.89. The number of sulfonamides is 1. The van der Waals surface area contributed by atoms with Gasteiger partial charge in [0.1, 0.15) is 10.6 Å². The Morgan fingerprint density at radius 2 is 1.77 bits per heavy atom. The number of rotatable bonds is 7. The summed E-state index contributed by atoms with van der Waals surface area (Å²) >= 11 is 0. The fourth-order valence-corrected chi connectivity index (χ4v) is 5.60. The Labute approximate surface area is 184 Å². The fraction of sp³-hybridized carbons (Fsp3) is 0.545. The van der Waals surface area contributed by atoms with Gasteiger partial charge in [-0.15, -0.1) is 0 Å². The highest BCUT2D eigenvalue weighted by Crippen LogP contribution is 2.25. The molecular formula is C22H32N4O4S. The van der Waals surface area contributed by atoms with Gasteiger partial charge in [-0.25, -0.2) is 8.42 Å². The van der Waals surface area contributed by atoms with E-state index in [9.17, 15) is 13.2 Å². The quantitative estimate of drug-likeness (QED) is 0.678. The van der Waals surface area contributed by atoms with Gasteiger partial charge in [-0.05, 0) is 57.2 Å². The molecule has 9 heteroatoms. The lowest BCUT2D eigenvalue weighted by molar-refractivity contribution is -0.128. The Morgan fingerprint density at radius 3 is 2.29 bits per heavy atom. The van der Waals surface area contributed by atoms with Crippen LogP contribution in [0.2, 0.25) is 0 Å². The van der Waals surface area contributed by atoms with Crippen molar-refractivity contribution in [2.45, 2.75) is 70.4 Å². The summed E-state index contributed by atoms with van der Waals surface area (Å²) in [5, 5.41) is 9.72. The predicted octanol–water partition coefficient (Wildman–Crippen LogP) is 2.89. The van der Waals surface area contributed by atoms with E-state index in [0.717, 1.165) is 0 Å². The largest absolute Gasteiger partial charge is 0.481 e. The first-order chi connectivity index (χ1) is 14.6. The van der Waals surface area contributed by atoms with E-state index in [-0.39, 0.29) is 16.8 Å². The van der Waals surface area contributed by atoms with Crippen LogP contribution in [-0.4, -0.2) is 54.1 Å². The van der Waals surface area contributed by atoms with E-state index < -0.39 is 16.1 Å². The van der Waals surface area contributed by atoms with Crippen molar-refractivity contribution in [1.82, 2.24) is 19.8 Å². The molecule has 31 heavy (non-hydrogen) atoms. The lowest BCUT2D eigenvalue weighted by Gasteiger charge is -2.32. The van der Waals surface area contributed by atoms with Crippen LogP contribution in [0, 0.1) is 13.8 Å². The highest BCUT2D eigenvalue weighted by Gasteiger charge is 2.33. The smallest absolute Gasteiger partial charge is 0.260 e.